The Morgan fingerprint density at radius 1 is 1.32 bits per heavy atom. The number of nitrogens with one attached hydrogen (secondary N) is 1. The summed E-state index contributed by atoms with van der Waals surface area (Å²) in [4.78, 5) is 13.4. The minimum Gasteiger partial charge on any atom is -0.493 e. The Labute approximate surface area is 168 Å². The fourth-order valence-corrected chi connectivity index (χ4v) is 4.13. The summed E-state index contributed by atoms with van der Waals surface area (Å²) in [6, 6.07) is 7.62. The van der Waals surface area contributed by atoms with Crippen LogP contribution in [0.3, 0.4) is 0 Å². The van der Waals surface area contributed by atoms with Gasteiger partial charge in [0.05, 0.1) is 32.0 Å². The summed E-state index contributed by atoms with van der Waals surface area (Å²) in [6.07, 6.45) is 3.77. The van der Waals surface area contributed by atoms with Gasteiger partial charge in [0, 0.05) is 17.4 Å². The molecule has 0 spiro atoms. The van der Waals surface area contributed by atoms with Crippen molar-refractivity contribution >= 4 is 28.3 Å². The van der Waals surface area contributed by atoms with Crippen molar-refractivity contribution in [2.24, 2.45) is 0 Å². The third-order valence-corrected chi connectivity index (χ3v) is 5.59. The van der Waals surface area contributed by atoms with Crippen LogP contribution in [0.15, 0.2) is 24.3 Å². The van der Waals surface area contributed by atoms with Crippen LogP contribution in [0.5, 0.6) is 11.5 Å². The van der Waals surface area contributed by atoms with Gasteiger partial charge in [0.15, 0.2) is 11.5 Å². The van der Waals surface area contributed by atoms with E-state index in [4.69, 9.17) is 14.2 Å². The standard InChI is InChI=1S/C21H22N2O4S/c1-21(2)10-14-15(11-22)20(28-18(14)12-27-21)23-19(24)8-6-13-5-7-16(25-3)17(9-13)26-4/h5-9H,10,12H2,1-4H3,(H,23,24)/b8-6+. The lowest BCUT2D eigenvalue weighted by atomic mass is 9.93. The lowest BCUT2D eigenvalue weighted by Gasteiger charge is -2.29. The predicted octanol–water partition coefficient (Wildman–Crippen LogP) is 4.14. The Hall–Kier alpha value is -2.82. The maximum atomic E-state index is 12.4. The van der Waals surface area contributed by atoms with Gasteiger partial charge in [0.2, 0.25) is 5.91 Å². The number of carbonyl (C=O) groups is 1. The zero-order chi connectivity index (χ0) is 20.3. The molecule has 0 unspecified atom stereocenters. The molecule has 2 aromatic rings. The third kappa shape index (κ3) is 4.19. The molecule has 0 bridgehead atoms. The van der Waals surface area contributed by atoms with Crippen molar-refractivity contribution in [1.29, 1.82) is 5.26 Å². The minimum absolute atomic E-state index is 0.301. The molecule has 1 aliphatic rings. The monoisotopic (exact) mass is 398 g/mol. The fraction of sp³-hybridized carbons (Fsp3) is 0.333. The molecule has 0 radical (unpaired) electrons. The lowest BCUT2D eigenvalue weighted by molar-refractivity contribution is -0.111. The van der Waals surface area contributed by atoms with Crippen molar-refractivity contribution in [3.8, 4) is 17.6 Å². The molecule has 0 aliphatic carbocycles. The molecule has 1 aromatic carbocycles. The second-order valence-electron chi connectivity index (χ2n) is 6.98. The maximum absolute atomic E-state index is 12.4. The number of anilines is 1. The number of hydrogen-bond donors (Lipinski definition) is 1. The first-order valence-corrected chi connectivity index (χ1v) is 9.58. The molecular weight excluding hydrogens is 376 g/mol. The molecule has 146 valence electrons. The van der Waals surface area contributed by atoms with E-state index >= 15 is 0 Å². The number of hydrogen-bond acceptors (Lipinski definition) is 6. The Morgan fingerprint density at radius 3 is 2.75 bits per heavy atom. The summed E-state index contributed by atoms with van der Waals surface area (Å²) in [7, 11) is 3.13. The zero-order valence-corrected chi connectivity index (χ0v) is 17.1. The summed E-state index contributed by atoms with van der Waals surface area (Å²) in [5.41, 5.74) is 2.00. The Bertz CT molecular complexity index is 970. The first-order valence-electron chi connectivity index (χ1n) is 8.76. The van der Waals surface area contributed by atoms with Crippen molar-refractivity contribution in [1.82, 2.24) is 0 Å². The first kappa shape index (κ1) is 19.9. The van der Waals surface area contributed by atoms with E-state index in [0.717, 1.165) is 16.0 Å². The number of rotatable bonds is 5. The Morgan fingerprint density at radius 2 is 2.07 bits per heavy atom. The van der Waals surface area contributed by atoms with Crippen LogP contribution in [0.4, 0.5) is 5.00 Å². The number of ether oxygens (including phenoxy) is 3. The van der Waals surface area contributed by atoms with Crippen LogP contribution in [-0.4, -0.2) is 25.7 Å². The highest BCUT2D eigenvalue weighted by molar-refractivity contribution is 7.16. The van der Waals surface area contributed by atoms with Gasteiger partial charge in [-0.1, -0.05) is 6.07 Å². The molecule has 0 saturated heterocycles. The normalized spacial score (nSPS) is 15.0. The number of amides is 1. The van der Waals surface area contributed by atoms with Gasteiger partial charge in [-0.15, -0.1) is 11.3 Å². The third-order valence-electron chi connectivity index (χ3n) is 4.47. The number of methoxy groups -OCH3 is 2. The molecule has 1 amide bonds. The molecule has 6 nitrogen and oxygen atoms in total. The van der Waals surface area contributed by atoms with E-state index in [0.29, 0.717) is 35.1 Å². The van der Waals surface area contributed by atoms with E-state index in [1.54, 1.807) is 32.4 Å². The van der Waals surface area contributed by atoms with Crippen molar-refractivity contribution in [2.45, 2.75) is 32.5 Å². The second kappa shape index (κ2) is 8.05. The molecule has 1 N–H and O–H groups in total. The first-order chi connectivity index (χ1) is 13.4. The van der Waals surface area contributed by atoms with E-state index in [9.17, 15) is 10.1 Å². The van der Waals surface area contributed by atoms with E-state index in [2.05, 4.69) is 11.4 Å². The minimum atomic E-state index is -0.311. The summed E-state index contributed by atoms with van der Waals surface area (Å²) < 4.78 is 16.3. The van der Waals surface area contributed by atoms with Crippen molar-refractivity contribution in [3.63, 3.8) is 0 Å². The van der Waals surface area contributed by atoms with Crippen LogP contribution < -0.4 is 14.8 Å². The molecular formula is C21H22N2O4S. The number of thiophene rings is 1. The smallest absolute Gasteiger partial charge is 0.249 e. The fourth-order valence-electron chi connectivity index (χ4n) is 3.04. The van der Waals surface area contributed by atoms with Gasteiger partial charge in [-0.25, -0.2) is 0 Å². The van der Waals surface area contributed by atoms with Crippen molar-refractivity contribution < 1.29 is 19.0 Å². The molecule has 0 saturated carbocycles. The highest BCUT2D eigenvalue weighted by Gasteiger charge is 2.31. The zero-order valence-electron chi connectivity index (χ0n) is 16.3. The average Bonchev–Trinajstić information content (AvgIpc) is 3.00. The number of fused-ring (bicyclic) bond motifs is 1. The van der Waals surface area contributed by atoms with Crippen LogP contribution in [0.2, 0.25) is 0 Å². The predicted molar refractivity (Wildman–Crippen MR) is 109 cm³/mol. The van der Waals surface area contributed by atoms with Gasteiger partial charge < -0.3 is 19.5 Å². The molecule has 1 aliphatic heterocycles. The van der Waals surface area contributed by atoms with E-state index in [-0.39, 0.29) is 11.5 Å². The number of nitriles is 1. The largest absolute Gasteiger partial charge is 0.493 e. The van der Waals surface area contributed by atoms with Crippen molar-refractivity contribution in [2.75, 3.05) is 19.5 Å². The van der Waals surface area contributed by atoms with Crippen molar-refractivity contribution in [3.05, 3.63) is 45.8 Å². The molecule has 7 heteroatoms. The topological polar surface area (TPSA) is 80.6 Å². The molecule has 0 atom stereocenters. The average molecular weight is 398 g/mol. The molecule has 2 heterocycles. The maximum Gasteiger partial charge on any atom is 0.249 e. The summed E-state index contributed by atoms with van der Waals surface area (Å²) in [5, 5.41) is 13.0. The van der Waals surface area contributed by atoms with E-state index < -0.39 is 0 Å². The SMILES string of the molecule is COc1ccc(/C=C/C(=O)Nc2sc3c(c2C#N)CC(C)(C)OC3)cc1OC. The number of benzene rings is 1. The Kier molecular flexibility index (Phi) is 5.73. The summed E-state index contributed by atoms with van der Waals surface area (Å²) in [5.74, 6) is 0.910. The molecule has 3 rings (SSSR count). The van der Waals surface area contributed by atoms with Gasteiger partial charge in [-0.3, -0.25) is 4.79 Å². The van der Waals surface area contributed by atoms with Crippen LogP contribution in [0, 0.1) is 11.3 Å². The second-order valence-corrected chi connectivity index (χ2v) is 8.09. The van der Waals surface area contributed by atoms with Gasteiger partial charge in [0.25, 0.3) is 0 Å². The molecule has 1 aromatic heterocycles. The van der Waals surface area contributed by atoms with Gasteiger partial charge >= 0.3 is 0 Å². The van der Waals surface area contributed by atoms with E-state index in [1.807, 2.05) is 19.9 Å². The van der Waals surface area contributed by atoms with Crippen LogP contribution >= 0.6 is 11.3 Å². The van der Waals surface area contributed by atoms with Crippen LogP contribution in [0.1, 0.15) is 35.4 Å². The van der Waals surface area contributed by atoms with Crippen LogP contribution in [0.25, 0.3) is 6.08 Å². The molecule has 0 fully saturated rings. The quantitative estimate of drug-likeness (QED) is 0.766. The number of nitrogens with zero attached hydrogens (tertiary/aromatic N) is 1. The van der Waals surface area contributed by atoms with Gasteiger partial charge in [-0.2, -0.15) is 5.26 Å². The summed E-state index contributed by atoms with van der Waals surface area (Å²) >= 11 is 1.40. The highest BCUT2D eigenvalue weighted by atomic mass is 32.1. The molecule has 28 heavy (non-hydrogen) atoms. The highest BCUT2D eigenvalue weighted by Crippen LogP contribution is 2.40. The van der Waals surface area contributed by atoms with E-state index in [1.165, 1.54) is 17.4 Å². The van der Waals surface area contributed by atoms with Gasteiger partial charge in [0.1, 0.15) is 11.1 Å². The van der Waals surface area contributed by atoms with Gasteiger partial charge in [-0.05, 0) is 43.2 Å². The summed E-state index contributed by atoms with van der Waals surface area (Å²) in [6.45, 7) is 4.46. The lowest BCUT2D eigenvalue weighted by Crippen LogP contribution is -2.31. The Balaban J connectivity index is 1.76. The number of carbonyl (C=O) groups excluding carboxylic acids is 1. The van der Waals surface area contributed by atoms with Crippen LogP contribution in [-0.2, 0) is 22.6 Å².